The molecule has 0 saturated carbocycles. The fourth-order valence-electron chi connectivity index (χ4n) is 2.21. The number of aromatic nitrogens is 1. The first-order valence-corrected chi connectivity index (χ1v) is 7.54. The Morgan fingerprint density at radius 3 is 2.60 bits per heavy atom. The van der Waals surface area contributed by atoms with Gasteiger partial charge in [-0.3, -0.25) is 4.79 Å². The van der Waals surface area contributed by atoms with E-state index < -0.39 is 23.5 Å². The van der Waals surface area contributed by atoms with Crippen LogP contribution in [0.2, 0.25) is 0 Å². The minimum absolute atomic E-state index is 0.0235. The highest BCUT2D eigenvalue weighted by atomic mass is 19.4. The van der Waals surface area contributed by atoms with Gasteiger partial charge in [0.2, 0.25) is 0 Å². The molecule has 134 valence electrons. The molecule has 2 N–H and O–H groups in total. The van der Waals surface area contributed by atoms with E-state index in [4.69, 9.17) is 0 Å². The van der Waals surface area contributed by atoms with E-state index in [1.807, 2.05) is 13.8 Å². The number of halogens is 4. The van der Waals surface area contributed by atoms with E-state index in [0.29, 0.717) is 11.9 Å². The highest BCUT2D eigenvalue weighted by Crippen LogP contribution is 2.32. The summed E-state index contributed by atoms with van der Waals surface area (Å²) in [6.45, 7) is 3.35. The fraction of sp³-hybridized carbons (Fsp3) is 0.294. The van der Waals surface area contributed by atoms with Gasteiger partial charge in [-0.2, -0.15) is 13.2 Å². The fourth-order valence-corrected chi connectivity index (χ4v) is 2.21. The minimum atomic E-state index is -4.71. The average molecular weight is 355 g/mol. The lowest BCUT2D eigenvalue weighted by Gasteiger charge is -2.15. The number of carbonyl (C=O) groups is 1. The van der Waals surface area contributed by atoms with Crippen LogP contribution in [0.3, 0.4) is 0 Å². The van der Waals surface area contributed by atoms with Crippen molar-refractivity contribution in [1.82, 2.24) is 10.3 Å². The molecule has 0 unspecified atom stereocenters. The SMILES string of the molecule is CC(C)Nc1ncccc1C(=O)NCc1ccc(F)cc1C(F)(F)F. The molecule has 0 fully saturated rings. The Kier molecular flexibility index (Phi) is 5.61. The van der Waals surface area contributed by atoms with Gasteiger partial charge in [0.15, 0.2) is 0 Å². The molecule has 0 atom stereocenters. The van der Waals surface area contributed by atoms with Crippen LogP contribution >= 0.6 is 0 Å². The van der Waals surface area contributed by atoms with Crippen molar-refractivity contribution in [3.05, 3.63) is 59.0 Å². The quantitative estimate of drug-likeness (QED) is 0.798. The maximum atomic E-state index is 13.1. The first kappa shape index (κ1) is 18.7. The summed E-state index contributed by atoms with van der Waals surface area (Å²) >= 11 is 0. The topological polar surface area (TPSA) is 54.0 Å². The molecule has 0 saturated heterocycles. The Morgan fingerprint density at radius 2 is 1.96 bits per heavy atom. The van der Waals surface area contributed by atoms with Crippen LogP contribution in [0.25, 0.3) is 0 Å². The molecule has 25 heavy (non-hydrogen) atoms. The van der Waals surface area contributed by atoms with Crippen molar-refractivity contribution in [3.63, 3.8) is 0 Å². The van der Waals surface area contributed by atoms with Crippen LogP contribution in [-0.4, -0.2) is 16.9 Å². The van der Waals surface area contributed by atoms with Crippen LogP contribution in [0.1, 0.15) is 35.3 Å². The lowest BCUT2D eigenvalue weighted by molar-refractivity contribution is -0.138. The van der Waals surface area contributed by atoms with Crippen LogP contribution in [0.4, 0.5) is 23.4 Å². The molecular weight excluding hydrogens is 338 g/mol. The standard InChI is InChI=1S/C17H17F4N3O/c1-10(2)24-15-13(4-3-7-22-15)16(25)23-9-11-5-6-12(18)8-14(11)17(19,20)21/h3-8,10H,9H2,1-2H3,(H,22,24)(H,23,25). The summed E-state index contributed by atoms with van der Waals surface area (Å²) in [6, 6.07) is 5.44. The van der Waals surface area contributed by atoms with Gasteiger partial charge in [0.05, 0.1) is 11.1 Å². The zero-order chi connectivity index (χ0) is 18.6. The lowest BCUT2D eigenvalue weighted by Crippen LogP contribution is -2.26. The van der Waals surface area contributed by atoms with Gasteiger partial charge in [-0.1, -0.05) is 6.07 Å². The third-order valence-electron chi connectivity index (χ3n) is 3.29. The summed E-state index contributed by atoms with van der Waals surface area (Å²) < 4.78 is 52.1. The number of nitrogens with zero attached hydrogens (tertiary/aromatic N) is 1. The largest absolute Gasteiger partial charge is 0.416 e. The number of hydrogen-bond donors (Lipinski definition) is 2. The monoisotopic (exact) mass is 355 g/mol. The van der Waals surface area contributed by atoms with Gasteiger partial charge in [0.1, 0.15) is 11.6 Å². The van der Waals surface area contributed by atoms with Crippen molar-refractivity contribution in [2.24, 2.45) is 0 Å². The number of hydrogen-bond acceptors (Lipinski definition) is 3. The number of benzene rings is 1. The summed E-state index contributed by atoms with van der Waals surface area (Å²) in [5.41, 5.74) is -1.11. The predicted molar refractivity (Wildman–Crippen MR) is 85.6 cm³/mol. The van der Waals surface area contributed by atoms with Gasteiger partial charge in [0.25, 0.3) is 5.91 Å². The molecule has 2 aromatic rings. The molecule has 0 radical (unpaired) electrons. The Bertz CT molecular complexity index is 760. The Balaban J connectivity index is 2.19. The summed E-state index contributed by atoms with van der Waals surface area (Å²) in [6.07, 6.45) is -3.20. The second kappa shape index (κ2) is 7.50. The number of amides is 1. The Hall–Kier alpha value is -2.64. The molecule has 0 aliphatic heterocycles. The lowest BCUT2D eigenvalue weighted by atomic mass is 10.1. The Morgan fingerprint density at radius 1 is 1.24 bits per heavy atom. The Labute approximate surface area is 142 Å². The third kappa shape index (κ3) is 4.91. The van der Waals surface area contributed by atoms with Crippen molar-refractivity contribution in [2.45, 2.75) is 32.6 Å². The van der Waals surface area contributed by atoms with E-state index in [1.54, 1.807) is 6.07 Å². The van der Waals surface area contributed by atoms with Gasteiger partial charge in [-0.05, 0) is 43.7 Å². The zero-order valence-electron chi connectivity index (χ0n) is 13.6. The van der Waals surface area contributed by atoms with Crippen LogP contribution in [0.5, 0.6) is 0 Å². The zero-order valence-corrected chi connectivity index (χ0v) is 13.6. The molecule has 8 heteroatoms. The summed E-state index contributed by atoms with van der Waals surface area (Å²) in [7, 11) is 0. The minimum Gasteiger partial charge on any atom is -0.367 e. The van der Waals surface area contributed by atoms with Crippen LogP contribution in [-0.2, 0) is 12.7 Å². The number of nitrogens with one attached hydrogen (secondary N) is 2. The van der Waals surface area contributed by atoms with Gasteiger partial charge in [0, 0.05) is 18.8 Å². The number of rotatable bonds is 5. The summed E-state index contributed by atoms with van der Waals surface area (Å²) in [4.78, 5) is 16.4. The first-order chi connectivity index (χ1) is 11.7. The molecule has 4 nitrogen and oxygen atoms in total. The van der Waals surface area contributed by atoms with E-state index in [2.05, 4.69) is 15.6 Å². The van der Waals surface area contributed by atoms with Crippen molar-refractivity contribution < 1.29 is 22.4 Å². The number of alkyl halides is 3. The predicted octanol–water partition coefficient (Wildman–Crippen LogP) is 3.99. The van der Waals surface area contributed by atoms with E-state index in [0.717, 1.165) is 12.1 Å². The second-order valence-electron chi connectivity index (χ2n) is 5.68. The van der Waals surface area contributed by atoms with Crippen molar-refractivity contribution >= 4 is 11.7 Å². The van der Waals surface area contributed by atoms with Crippen LogP contribution in [0.15, 0.2) is 36.5 Å². The van der Waals surface area contributed by atoms with Gasteiger partial charge < -0.3 is 10.6 Å². The molecule has 0 aliphatic carbocycles. The first-order valence-electron chi connectivity index (χ1n) is 7.54. The third-order valence-corrected chi connectivity index (χ3v) is 3.29. The molecule has 1 heterocycles. The van der Waals surface area contributed by atoms with E-state index >= 15 is 0 Å². The molecular formula is C17H17F4N3O. The van der Waals surface area contributed by atoms with Gasteiger partial charge in [-0.25, -0.2) is 9.37 Å². The number of anilines is 1. The smallest absolute Gasteiger partial charge is 0.367 e. The number of carbonyl (C=O) groups excluding carboxylic acids is 1. The molecule has 1 aromatic heterocycles. The van der Waals surface area contributed by atoms with Crippen molar-refractivity contribution in [3.8, 4) is 0 Å². The average Bonchev–Trinajstić information content (AvgIpc) is 2.52. The molecule has 1 aromatic carbocycles. The molecule has 0 aliphatic rings. The second-order valence-corrected chi connectivity index (χ2v) is 5.68. The van der Waals surface area contributed by atoms with Gasteiger partial charge >= 0.3 is 6.18 Å². The maximum Gasteiger partial charge on any atom is 0.416 e. The number of pyridine rings is 1. The van der Waals surface area contributed by atoms with Crippen molar-refractivity contribution in [1.29, 1.82) is 0 Å². The van der Waals surface area contributed by atoms with E-state index in [1.165, 1.54) is 12.3 Å². The van der Waals surface area contributed by atoms with Crippen LogP contribution in [0, 0.1) is 5.82 Å². The highest BCUT2D eigenvalue weighted by molar-refractivity contribution is 5.98. The summed E-state index contributed by atoms with van der Waals surface area (Å²) in [5, 5.41) is 5.41. The maximum absolute atomic E-state index is 13.1. The summed E-state index contributed by atoms with van der Waals surface area (Å²) in [5.74, 6) is -1.23. The van der Waals surface area contributed by atoms with Crippen molar-refractivity contribution in [2.75, 3.05) is 5.32 Å². The molecule has 0 spiro atoms. The van der Waals surface area contributed by atoms with Gasteiger partial charge in [-0.15, -0.1) is 0 Å². The van der Waals surface area contributed by atoms with Crippen LogP contribution < -0.4 is 10.6 Å². The molecule has 0 bridgehead atoms. The molecule has 1 amide bonds. The van der Waals surface area contributed by atoms with E-state index in [9.17, 15) is 22.4 Å². The highest BCUT2D eigenvalue weighted by Gasteiger charge is 2.33. The molecule has 2 rings (SSSR count). The normalized spacial score (nSPS) is 11.5. The van der Waals surface area contributed by atoms with E-state index in [-0.39, 0.29) is 23.7 Å².